The quantitative estimate of drug-likeness (QED) is 0.0428. The van der Waals surface area contributed by atoms with E-state index in [4.69, 9.17) is 47.4 Å². The number of hydrogen-bond donors (Lipinski definition) is 19. The Kier molecular flexibility index (Phi) is 24.9. The van der Waals surface area contributed by atoms with Crippen LogP contribution in [-0.4, -0.2) is 308 Å². The molecule has 90 heavy (non-hydrogen) atoms. The van der Waals surface area contributed by atoms with Crippen molar-refractivity contribution in [2.75, 3.05) is 33.0 Å². The highest BCUT2D eigenvalue weighted by Gasteiger charge is 2.62. The molecule has 0 aromatic carbocycles. The molecule has 5 heterocycles. The number of rotatable bonds is 23. The summed E-state index contributed by atoms with van der Waals surface area (Å²) in [6, 6.07) is 0. The molecule has 5 saturated heterocycles. The third-order valence-electron chi connectivity index (χ3n) is 22.1. The molecule has 8 fully saturated rings. The lowest BCUT2D eigenvalue weighted by Crippen LogP contribution is -2.65. The van der Waals surface area contributed by atoms with E-state index < -0.39 is 221 Å². The summed E-state index contributed by atoms with van der Waals surface area (Å²) >= 11 is 0. The average Bonchev–Trinajstić information content (AvgIpc) is 1.52. The van der Waals surface area contributed by atoms with Crippen LogP contribution in [0.1, 0.15) is 120 Å². The third-order valence-corrected chi connectivity index (χ3v) is 22.1. The van der Waals surface area contributed by atoms with Gasteiger partial charge in [0.05, 0.1) is 56.9 Å². The zero-order valence-corrected chi connectivity index (χ0v) is 52.7. The van der Waals surface area contributed by atoms with E-state index in [1.165, 1.54) is 13.8 Å². The summed E-state index contributed by atoms with van der Waals surface area (Å²) < 4.78 is 59.6. The Morgan fingerprint density at radius 3 is 1.53 bits per heavy atom. The van der Waals surface area contributed by atoms with E-state index in [1.54, 1.807) is 0 Å². The van der Waals surface area contributed by atoms with Crippen LogP contribution >= 0.6 is 0 Å². The summed E-state index contributed by atoms with van der Waals surface area (Å²) in [5.41, 5.74) is -1.84. The highest BCUT2D eigenvalue weighted by molar-refractivity contribution is 5.23. The first-order chi connectivity index (χ1) is 42.2. The van der Waals surface area contributed by atoms with E-state index in [9.17, 15) is 97.0 Å². The van der Waals surface area contributed by atoms with Gasteiger partial charge in [0.15, 0.2) is 31.5 Å². The molecule has 29 heteroatoms. The Labute approximate surface area is 524 Å². The van der Waals surface area contributed by atoms with Crippen LogP contribution in [-0.2, 0) is 47.4 Å². The summed E-state index contributed by atoms with van der Waals surface area (Å²) in [7, 11) is 0. The molecule has 0 amide bonds. The van der Waals surface area contributed by atoms with Gasteiger partial charge in [-0.05, 0) is 113 Å². The van der Waals surface area contributed by atoms with Crippen molar-refractivity contribution in [1.82, 2.24) is 0 Å². The maximum atomic E-state index is 11.9. The van der Waals surface area contributed by atoms with Crippen LogP contribution in [0.15, 0.2) is 11.6 Å². The molecule has 0 spiro atoms. The molecule has 0 radical (unpaired) electrons. The van der Waals surface area contributed by atoms with E-state index in [0.717, 1.165) is 31.3 Å². The van der Waals surface area contributed by atoms with E-state index in [0.29, 0.717) is 32.1 Å². The van der Waals surface area contributed by atoms with Crippen molar-refractivity contribution in [3.8, 4) is 0 Å². The number of ether oxygens (including phenoxy) is 10. The highest BCUT2D eigenvalue weighted by Crippen LogP contribution is 2.68. The van der Waals surface area contributed by atoms with Crippen LogP contribution in [0.4, 0.5) is 0 Å². The second kappa shape index (κ2) is 30.1. The van der Waals surface area contributed by atoms with Crippen LogP contribution in [0.3, 0.4) is 0 Å². The van der Waals surface area contributed by atoms with Crippen molar-refractivity contribution in [3.05, 3.63) is 11.6 Å². The molecular weight excluding hydrogens is 1200 g/mol. The molecule has 3 saturated carbocycles. The minimum absolute atomic E-state index is 0.0251. The van der Waals surface area contributed by atoms with Crippen LogP contribution in [0.25, 0.3) is 0 Å². The monoisotopic (exact) mass is 1300 g/mol. The lowest BCUT2D eigenvalue weighted by Gasteiger charge is -2.55. The minimum atomic E-state index is -1.96. The largest absolute Gasteiger partial charge is 0.394 e. The molecule has 19 N–H and O–H groups in total. The molecule has 4 unspecified atom stereocenters. The van der Waals surface area contributed by atoms with Crippen molar-refractivity contribution in [2.24, 2.45) is 39.9 Å². The number of aliphatic hydroxyl groups excluding tert-OH is 18. The third kappa shape index (κ3) is 14.9. The standard InChI is InChI=1S/C61H106O29/c1-9-26-11-15-36(87-56-50(79)51(42(71)34(23-65)85-56)89-54-48(77)44(73)39(68)32(21-63)83-54)58(3,4)30(26)13-12-27-18-28(66)19-61(8)29(16-17-60(27,61)7)25(2)10-14-37(59(5,6)80)88-57-52(90-55-49(78)45(74)40(69)33(22-64)84-55)46(75)41(70)35(86-57)24-81-53-47(76)43(72)38(67)31(20-62)82-53/h13,25-29,31-57,62-80H,9-12,14-24H2,1-8H3/b30-13+/t25-,26?,27?,28+,29?,31-,32-,33?,34-,35-,36+,37-,38-,39-,40-,41-,42-,43+,44+,45+,46+,47-,48-,49-,50-,51+,52-,53-,54+,55+,56+,57+,60+,61-/m1/s1. The summed E-state index contributed by atoms with van der Waals surface area (Å²) in [5.74, 6) is 0.199. The number of hydrogen-bond acceptors (Lipinski definition) is 29. The van der Waals surface area contributed by atoms with Crippen molar-refractivity contribution < 1.29 is 144 Å². The van der Waals surface area contributed by atoms with Crippen molar-refractivity contribution in [2.45, 2.75) is 297 Å². The normalized spacial score (nSPS) is 49.7. The predicted octanol–water partition coefficient (Wildman–Crippen LogP) is -4.63. The van der Waals surface area contributed by atoms with E-state index in [-0.39, 0.29) is 35.5 Å². The summed E-state index contributed by atoms with van der Waals surface area (Å²) in [6.07, 6.45) is -36.1. The van der Waals surface area contributed by atoms with Gasteiger partial charge in [0.2, 0.25) is 0 Å². The van der Waals surface area contributed by atoms with Gasteiger partial charge in [-0.2, -0.15) is 0 Å². The average molecular weight is 1300 g/mol. The fraction of sp³-hybridized carbons (Fsp3) is 0.967. The van der Waals surface area contributed by atoms with E-state index >= 15 is 0 Å². The zero-order chi connectivity index (χ0) is 66.4. The van der Waals surface area contributed by atoms with Crippen molar-refractivity contribution >= 4 is 0 Å². The predicted molar refractivity (Wildman–Crippen MR) is 307 cm³/mol. The van der Waals surface area contributed by atoms with Gasteiger partial charge < -0.3 is 144 Å². The van der Waals surface area contributed by atoms with Gasteiger partial charge in [-0.3, -0.25) is 0 Å². The molecule has 5 aliphatic heterocycles. The summed E-state index contributed by atoms with van der Waals surface area (Å²) in [4.78, 5) is 0. The second-order valence-corrected chi connectivity index (χ2v) is 28.4. The lowest BCUT2D eigenvalue weighted by molar-refractivity contribution is -0.380. The van der Waals surface area contributed by atoms with E-state index in [2.05, 4.69) is 47.6 Å². The maximum Gasteiger partial charge on any atom is 0.187 e. The van der Waals surface area contributed by atoms with Gasteiger partial charge in [0, 0.05) is 5.41 Å². The molecule has 524 valence electrons. The van der Waals surface area contributed by atoms with Gasteiger partial charge in [0.1, 0.15) is 122 Å². The Morgan fingerprint density at radius 2 is 1.01 bits per heavy atom. The number of allylic oxidation sites excluding steroid dienone is 1. The van der Waals surface area contributed by atoms with Gasteiger partial charge >= 0.3 is 0 Å². The molecule has 3 aliphatic carbocycles. The summed E-state index contributed by atoms with van der Waals surface area (Å²) in [5, 5.41) is 205. The Balaban J connectivity index is 0.969. The lowest BCUT2D eigenvalue weighted by atomic mass is 9.50. The first-order valence-electron chi connectivity index (χ1n) is 32.1. The number of fused-ring (bicyclic) bond motifs is 1. The topological polar surface area (TPSA) is 477 Å². The molecule has 0 aromatic heterocycles. The van der Waals surface area contributed by atoms with Gasteiger partial charge in [-0.1, -0.05) is 53.2 Å². The second-order valence-electron chi connectivity index (χ2n) is 28.4. The molecular formula is C61H106O29. The molecule has 29 nitrogen and oxygen atoms in total. The first kappa shape index (κ1) is 74.4. The van der Waals surface area contributed by atoms with Gasteiger partial charge in [-0.25, -0.2) is 0 Å². The van der Waals surface area contributed by atoms with Crippen molar-refractivity contribution in [3.63, 3.8) is 0 Å². The van der Waals surface area contributed by atoms with Crippen LogP contribution < -0.4 is 0 Å². The Morgan fingerprint density at radius 1 is 0.533 bits per heavy atom. The van der Waals surface area contributed by atoms with Crippen LogP contribution in [0, 0.1) is 39.9 Å². The van der Waals surface area contributed by atoms with Crippen LogP contribution in [0.2, 0.25) is 0 Å². The molecule has 8 aliphatic rings. The fourth-order valence-corrected chi connectivity index (χ4v) is 16.1. The van der Waals surface area contributed by atoms with Crippen LogP contribution in [0.5, 0.6) is 0 Å². The Bertz CT molecular complexity index is 2270. The smallest absolute Gasteiger partial charge is 0.187 e. The molecule has 8 rings (SSSR count). The maximum absolute atomic E-state index is 11.9. The van der Waals surface area contributed by atoms with Gasteiger partial charge in [-0.15, -0.1) is 0 Å². The molecule has 0 aromatic rings. The fourth-order valence-electron chi connectivity index (χ4n) is 16.1. The molecule has 0 bridgehead atoms. The number of aliphatic hydroxyl groups is 19. The zero-order valence-electron chi connectivity index (χ0n) is 52.7. The minimum Gasteiger partial charge on any atom is -0.394 e. The highest BCUT2D eigenvalue weighted by atomic mass is 16.8. The SMILES string of the molecule is CCC1CC[C@H](O[C@@H]2O[C@H](CO)[C@@H](O)[C@H](O[C@@H]3O[C@H](CO)[C@@H](O)[C@H](O)[C@H]3O)[C@H]2O)C(C)(C)/C1=C/CC1C[C@H](O)C[C@]2(C)C([C@H](C)CC[C@@H](O[C@@H]3O[C@H](CO[C@@H]4O[C@H](CO)[C@@H](O)[C@H](O)[C@H]4O)[C@@H](O)[C@H](O)[C@H]3O[C@@H]3OC(CO)[C@@H](O)[C@H](O)[C@H]3O)C(C)(C)O)CC[C@@]12C. The van der Waals surface area contributed by atoms with Gasteiger partial charge in [0.25, 0.3) is 0 Å². The first-order valence-corrected chi connectivity index (χ1v) is 32.1. The molecule has 34 atom stereocenters. The summed E-state index contributed by atoms with van der Waals surface area (Å²) in [6.45, 7) is 12.2. The van der Waals surface area contributed by atoms with Crippen molar-refractivity contribution in [1.29, 1.82) is 0 Å². The Hall–Kier alpha value is -1.42. The van der Waals surface area contributed by atoms with E-state index in [1.807, 2.05) is 0 Å².